The highest BCUT2D eigenvalue weighted by Gasteiger charge is 2.18. The second-order valence-electron chi connectivity index (χ2n) is 4.05. The Hall–Kier alpha value is -1.22. The minimum atomic E-state index is -0.944. The standard InChI is InChI=1S/C13H18ClNO2/c1-4-10(5-2)15(3)12-7-6-9(14)8-11(12)13(16)17/h6-8,10H,4-5H2,1-3H3,(H,16,17). The molecule has 1 N–H and O–H groups in total. The first-order chi connectivity index (χ1) is 8.01. The van der Waals surface area contributed by atoms with E-state index >= 15 is 0 Å². The summed E-state index contributed by atoms with van der Waals surface area (Å²) in [6.07, 6.45) is 1.96. The van der Waals surface area contributed by atoms with Crippen molar-refractivity contribution in [3.05, 3.63) is 28.8 Å². The van der Waals surface area contributed by atoms with Crippen molar-refractivity contribution in [2.75, 3.05) is 11.9 Å². The van der Waals surface area contributed by atoms with E-state index in [4.69, 9.17) is 11.6 Å². The summed E-state index contributed by atoms with van der Waals surface area (Å²) in [5, 5.41) is 9.63. The van der Waals surface area contributed by atoms with Gasteiger partial charge >= 0.3 is 5.97 Å². The zero-order valence-electron chi connectivity index (χ0n) is 10.4. The third kappa shape index (κ3) is 3.13. The smallest absolute Gasteiger partial charge is 0.337 e. The van der Waals surface area contributed by atoms with Gasteiger partial charge in [0.2, 0.25) is 0 Å². The van der Waals surface area contributed by atoms with Crippen LogP contribution < -0.4 is 4.90 Å². The molecule has 0 radical (unpaired) electrons. The number of carbonyl (C=O) groups is 1. The van der Waals surface area contributed by atoms with Crippen LogP contribution in [0.2, 0.25) is 5.02 Å². The lowest BCUT2D eigenvalue weighted by atomic mass is 10.1. The van der Waals surface area contributed by atoms with Gasteiger partial charge in [-0.1, -0.05) is 25.4 Å². The molecule has 0 aliphatic heterocycles. The van der Waals surface area contributed by atoms with Crippen LogP contribution in [0, 0.1) is 0 Å². The van der Waals surface area contributed by atoms with Crippen molar-refractivity contribution >= 4 is 23.3 Å². The molecule has 1 rings (SSSR count). The first-order valence-corrected chi connectivity index (χ1v) is 6.14. The lowest BCUT2D eigenvalue weighted by Crippen LogP contribution is -2.31. The summed E-state index contributed by atoms with van der Waals surface area (Å²) in [7, 11) is 1.92. The number of carboxylic acids is 1. The maximum Gasteiger partial charge on any atom is 0.337 e. The average Bonchev–Trinajstić information content (AvgIpc) is 2.30. The summed E-state index contributed by atoms with van der Waals surface area (Å²) in [5.41, 5.74) is 0.975. The average molecular weight is 256 g/mol. The third-order valence-corrected chi connectivity index (χ3v) is 3.29. The van der Waals surface area contributed by atoms with Gasteiger partial charge in [-0.05, 0) is 31.0 Å². The van der Waals surface area contributed by atoms with Gasteiger partial charge in [0.25, 0.3) is 0 Å². The van der Waals surface area contributed by atoms with E-state index < -0.39 is 5.97 Å². The van der Waals surface area contributed by atoms with Crippen molar-refractivity contribution in [3.8, 4) is 0 Å². The van der Waals surface area contributed by atoms with Gasteiger partial charge < -0.3 is 10.0 Å². The summed E-state index contributed by atoms with van der Waals surface area (Å²) in [6, 6.07) is 5.33. The Bertz CT molecular complexity index is 402. The van der Waals surface area contributed by atoms with Gasteiger partial charge in [0.1, 0.15) is 0 Å². The maximum absolute atomic E-state index is 11.2. The summed E-state index contributed by atoms with van der Waals surface area (Å²) >= 11 is 5.83. The van der Waals surface area contributed by atoms with Crippen LogP contribution in [0.15, 0.2) is 18.2 Å². The molecule has 0 unspecified atom stereocenters. The lowest BCUT2D eigenvalue weighted by molar-refractivity contribution is 0.0697. The SMILES string of the molecule is CCC(CC)N(C)c1ccc(Cl)cc1C(=O)O. The molecule has 0 fully saturated rings. The number of halogens is 1. The fraction of sp³-hybridized carbons (Fsp3) is 0.462. The minimum absolute atomic E-state index is 0.256. The van der Waals surface area contributed by atoms with Crippen LogP contribution in [0.1, 0.15) is 37.0 Å². The van der Waals surface area contributed by atoms with Crippen molar-refractivity contribution in [1.82, 2.24) is 0 Å². The van der Waals surface area contributed by atoms with Crippen LogP contribution in [0.25, 0.3) is 0 Å². The number of aromatic carboxylic acids is 1. The molecule has 4 heteroatoms. The molecule has 0 amide bonds. The number of benzene rings is 1. The minimum Gasteiger partial charge on any atom is -0.478 e. The molecule has 1 aromatic rings. The van der Waals surface area contributed by atoms with E-state index in [1.807, 2.05) is 11.9 Å². The Morgan fingerprint density at radius 1 is 1.41 bits per heavy atom. The van der Waals surface area contributed by atoms with Gasteiger partial charge in [-0.3, -0.25) is 0 Å². The van der Waals surface area contributed by atoms with Crippen molar-refractivity contribution in [1.29, 1.82) is 0 Å². The molecule has 0 spiro atoms. The maximum atomic E-state index is 11.2. The predicted molar refractivity (Wildman–Crippen MR) is 71.2 cm³/mol. The number of rotatable bonds is 5. The van der Waals surface area contributed by atoms with Crippen molar-refractivity contribution in [3.63, 3.8) is 0 Å². The van der Waals surface area contributed by atoms with Gasteiger partial charge in [0.05, 0.1) is 11.3 Å². The van der Waals surface area contributed by atoms with Gasteiger partial charge in [0, 0.05) is 18.1 Å². The van der Waals surface area contributed by atoms with E-state index in [2.05, 4.69) is 13.8 Å². The van der Waals surface area contributed by atoms with Crippen LogP contribution in [0.4, 0.5) is 5.69 Å². The fourth-order valence-electron chi connectivity index (χ4n) is 2.02. The molecule has 94 valence electrons. The second kappa shape index (κ2) is 5.92. The zero-order valence-corrected chi connectivity index (χ0v) is 11.2. The van der Waals surface area contributed by atoms with Crippen LogP contribution >= 0.6 is 11.6 Å². The summed E-state index contributed by atoms with van der Waals surface area (Å²) in [5.74, 6) is -0.944. The first kappa shape index (κ1) is 13.8. The molecule has 1 aromatic carbocycles. The molecule has 0 saturated heterocycles. The Morgan fingerprint density at radius 2 is 2.00 bits per heavy atom. The fourth-order valence-corrected chi connectivity index (χ4v) is 2.19. The second-order valence-corrected chi connectivity index (χ2v) is 4.48. The number of hydrogen-bond acceptors (Lipinski definition) is 2. The van der Waals surface area contributed by atoms with E-state index in [1.165, 1.54) is 6.07 Å². The number of hydrogen-bond donors (Lipinski definition) is 1. The van der Waals surface area contributed by atoms with Crippen LogP contribution in [-0.4, -0.2) is 24.2 Å². The highest BCUT2D eigenvalue weighted by Crippen LogP contribution is 2.26. The molecule has 0 aliphatic carbocycles. The van der Waals surface area contributed by atoms with Crippen LogP contribution in [0.5, 0.6) is 0 Å². The summed E-state index contributed by atoms with van der Waals surface area (Å²) in [6.45, 7) is 4.20. The van der Waals surface area contributed by atoms with Gasteiger partial charge in [0.15, 0.2) is 0 Å². The van der Waals surface area contributed by atoms with Crippen molar-refractivity contribution < 1.29 is 9.90 Å². The third-order valence-electron chi connectivity index (χ3n) is 3.06. The topological polar surface area (TPSA) is 40.5 Å². The number of anilines is 1. The van der Waals surface area contributed by atoms with Gasteiger partial charge in [-0.15, -0.1) is 0 Å². The Morgan fingerprint density at radius 3 is 2.47 bits per heavy atom. The monoisotopic (exact) mass is 255 g/mol. The molecule has 0 bridgehead atoms. The Balaban J connectivity index is 3.16. The summed E-state index contributed by atoms with van der Waals surface area (Å²) < 4.78 is 0. The first-order valence-electron chi connectivity index (χ1n) is 5.76. The molecule has 0 aliphatic rings. The predicted octanol–water partition coefficient (Wildman–Crippen LogP) is 3.66. The van der Waals surface area contributed by atoms with Crippen LogP contribution in [-0.2, 0) is 0 Å². The quantitative estimate of drug-likeness (QED) is 0.873. The highest BCUT2D eigenvalue weighted by atomic mass is 35.5. The number of nitrogens with zero attached hydrogens (tertiary/aromatic N) is 1. The Kier molecular flexibility index (Phi) is 4.82. The normalized spacial score (nSPS) is 10.6. The molecule has 0 atom stereocenters. The van der Waals surface area contributed by atoms with E-state index in [-0.39, 0.29) is 5.56 Å². The van der Waals surface area contributed by atoms with Crippen molar-refractivity contribution in [2.45, 2.75) is 32.7 Å². The van der Waals surface area contributed by atoms with Crippen molar-refractivity contribution in [2.24, 2.45) is 0 Å². The molecule has 0 aromatic heterocycles. The van der Waals surface area contributed by atoms with Gasteiger partial charge in [-0.25, -0.2) is 4.79 Å². The highest BCUT2D eigenvalue weighted by molar-refractivity contribution is 6.31. The molecule has 0 heterocycles. The van der Waals surface area contributed by atoms with E-state index in [1.54, 1.807) is 12.1 Å². The van der Waals surface area contributed by atoms with E-state index in [0.717, 1.165) is 18.5 Å². The Labute approximate surface area is 107 Å². The van der Waals surface area contributed by atoms with Gasteiger partial charge in [-0.2, -0.15) is 0 Å². The zero-order chi connectivity index (χ0) is 13.0. The van der Waals surface area contributed by atoms with E-state index in [0.29, 0.717) is 11.1 Å². The molecular weight excluding hydrogens is 238 g/mol. The molecule has 0 saturated carbocycles. The molecular formula is C13H18ClNO2. The van der Waals surface area contributed by atoms with E-state index in [9.17, 15) is 9.90 Å². The molecule has 17 heavy (non-hydrogen) atoms. The largest absolute Gasteiger partial charge is 0.478 e. The van der Waals surface area contributed by atoms with Crippen LogP contribution in [0.3, 0.4) is 0 Å². The number of carboxylic acid groups (broad SMARTS) is 1. The molecule has 3 nitrogen and oxygen atoms in total. The summed E-state index contributed by atoms with van der Waals surface area (Å²) in [4.78, 5) is 13.2. The lowest BCUT2D eigenvalue weighted by Gasteiger charge is -2.29.